The lowest BCUT2D eigenvalue weighted by Gasteiger charge is -2.29. The fraction of sp³-hybridized carbons (Fsp3) is 0.762. The summed E-state index contributed by atoms with van der Waals surface area (Å²) in [4.78, 5) is 16.4. The van der Waals surface area contributed by atoms with Crippen molar-refractivity contribution in [2.75, 3.05) is 25.4 Å². The zero-order valence-electron chi connectivity index (χ0n) is 16.8. The Morgan fingerprint density at radius 3 is 2.59 bits per heavy atom. The minimum Gasteiger partial charge on any atom is -0.393 e. The number of aromatic nitrogens is 2. The SMILES string of the molecule is CCCCc1nc(N)c2c(n1)C(CCCCCCN1CCC(O)CC1)=NC2. The third-order valence-electron chi connectivity index (χ3n) is 5.74. The molecule has 150 valence electrons. The Hall–Kier alpha value is -1.53. The van der Waals surface area contributed by atoms with E-state index in [1.807, 2.05) is 0 Å². The predicted octanol–water partition coefficient (Wildman–Crippen LogP) is 3.11. The number of piperidine rings is 1. The monoisotopic (exact) mass is 373 g/mol. The predicted molar refractivity (Wildman–Crippen MR) is 110 cm³/mol. The molecular weight excluding hydrogens is 338 g/mol. The van der Waals surface area contributed by atoms with Crippen LogP contribution in [0.25, 0.3) is 0 Å². The van der Waals surface area contributed by atoms with E-state index >= 15 is 0 Å². The van der Waals surface area contributed by atoms with E-state index in [-0.39, 0.29) is 6.10 Å². The molecule has 27 heavy (non-hydrogen) atoms. The molecule has 3 heterocycles. The first-order chi connectivity index (χ1) is 13.2. The van der Waals surface area contributed by atoms with E-state index in [9.17, 15) is 5.11 Å². The Morgan fingerprint density at radius 1 is 1.04 bits per heavy atom. The number of aliphatic hydroxyl groups is 1. The first kappa shape index (κ1) is 20.2. The van der Waals surface area contributed by atoms with Crippen LogP contribution in [0.1, 0.15) is 81.8 Å². The summed E-state index contributed by atoms with van der Waals surface area (Å²) >= 11 is 0. The third kappa shape index (κ3) is 5.72. The number of unbranched alkanes of at least 4 members (excludes halogenated alkanes) is 4. The molecule has 0 saturated carbocycles. The number of nitrogens with zero attached hydrogens (tertiary/aromatic N) is 4. The number of likely N-dealkylation sites (tertiary alicyclic amines) is 1. The van der Waals surface area contributed by atoms with E-state index in [0.717, 1.165) is 80.8 Å². The van der Waals surface area contributed by atoms with Crippen LogP contribution in [-0.2, 0) is 13.0 Å². The van der Waals surface area contributed by atoms with Crippen LogP contribution in [0, 0.1) is 0 Å². The van der Waals surface area contributed by atoms with Crippen LogP contribution in [-0.4, -0.2) is 51.4 Å². The van der Waals surface area contributed by atoms with Gasteiger partial charge in [0.25, 0.3) is 0 Å². The molecule has 2 aliphatic heterocycles. The zero-order chi connectivity index (χ0) is 19.1. The molecule has 1 saturated heterocycles. The summed E-state index contributed by atoms with van der Waals surface area (Å²) in [5.41, 5.74) is 9.30. The highest BCUT2D eigenvalue weighted by Crippen LogP contribution is 2.25. The smallest absolute Gasteiger partial charge is 0.132 e. The summed E-state index contributed by atoms with van der Waals surface area (Å²) in [6.45, 7) is 6.09. The quantitative estimate of drug-likeness (QED) is 0.615. The van der Waals surface area contributed by atoms with Crippen molar-refractivity contribution in [1.82, 2.24) is 14.9 Å². The van der Waals surface area contributed by atoms with Gasteiger partial charge in [0.1, 0.15) is 11.6 Å². The van der Waals surface area contributed by atoms with Crippen molar-refractivity contribution in [2.24, 2.45) is 4.99 Å². The van der Waals surface area contributed by atoms with E-state index < -0.39 is 0 Å². The zero-order valence-corrected chi connectivity index (χ0v) is 16.8. The van der Waals surface area contributed by atoms with Crippen molar-refractivity contribution in [3.63, 3.8) is 0 Å². The number of nitrogen functional groups attached to an aromatic ring is 1. The van der Waals surface area contributed by atoms with Crippen molar-refractivity contribution >= 4 is 11.5 Å². The summed E-state index contributed by atoms with van der Waals surface area (Å²) in [7, 11) is 0. The van der Waals surface area contributed by atoms with Crippen LogP contribution in [0.15, 0.2) is 4.99 Å². The van der Waals surface area contributed by atoms with E-state index in [2.05, 4.69) is 21.8 Å². The van der Waals surface area contributed by atoms with Crippen molar-refractivity contribution in [3.8, 4) is 0 Å². The van der Waals surface area contributed by atoms with Gasteiger partial charge in [0.05, 0.1) is 24.1 Å². The highest BCUT2D eigenvalue weighted by Gasteiger charge is 2.21. The fourth-order valence-electron chi connectivity index (χ4n) is 3.96. The van der Waals surface area contributed by atoms with Gasteiger partial charge in [-0.3, -0.25) is 4.99 Å². The maximum Gasteiger partial charge on any atom is 0.132 e. The molecule has 0 bridgehead atoms. The van der Waals surface area contributed by atoms with Crippen LogP contribution in [0.4, 0.5) is 5.82 Å². The second kappa shape index (κ2) is 10.1. The molecule has 2 aliphatic rings. The number of anilines is 1. The van der Waals surface area contributed by atoms with Crippen molar-refractivity contribution in [2.45, 2.75) is 83.8 Å². The van der Waals surface area contributed by atoms with Gasteiger partial charge in [-0.05, 0) is 45.1 Å². The average molecular weight is 374 g/mol. The van der Waals surface area contributed by atoms with Gasteiger partial charge in [-0.2, -0.15) is 0 Å². The van der Waals surface area contributed by atoms with Crippen molar-refractivity contribution in [1.29, 1.82) is 0 Å². The van der Waals surface area contributed by atoms with Gasteiger partial charge < -0.3 is 15.7 Å². The van der Waals surface area contributed by atoms with Crippen molar-refractivity contribution in [3.05, 3.63) is 17.1 Å². The number of hydrogen-bond donors (Lipinski definition) is 2. The molecule has 1 aromatic rings. The Morgan fingerprint density at radius 2 is 1.81 bits per heavy atom. The molecule has 3 N–H and O–H groups in total. The number of aryl methyl sites for hydroxylation is 1. The average Bonchev–Trinajstić information content (AvgIpc) is 3.08. The maximum absolute atomic E-state index is 9.56. The number of hydrogen-bond acceptors (Lipinski definition) is 6. The number of rotatable bonds is 10. The highest BCUT2D eigenvalue weighted by atomic mass is 16.3. The normalized spacial score (nSPS) is 17.9. The first-order valence-electron chi connectivity index (χ1n) is 10.8. The van der Waals surface area contributed by atoms with Gasteiger partial charge >= 0.3 is 0 Å². The standard InChI is InChI=1S/C21H35N5O/c1-2-3-9-19-24-20-17(21(22)25-19)15-23-18(20)8-6-4-5-7-12-26-13-10-16(27)11-14-26/h16,27H,2-15H2,1H3,(H2,22,24,25). The fourth-order valence-corrected chi connectivity index (χ4v) is 3.96. The maximum atomic E-state index is 9.56. The van der Waals surface area contributed by atoms with Crippen LogP contribution in [0.3, 0.4) is 0 Å². The Balaban J connectivity index is 1.38. The van der Waals surface area contributed by atoms with Crippen LogP contribution >= 0.6 is 0 Å². The Kier molecular flexibility index (Phi) is 7.59. The molecule has 0 aromatic carbocycles. The van der Waals surface area contributed by atoms with Crippen LogP contribution in [0.5, 0.6) is 0 Å². The van der Waals surface area contributed by atoms with E-state index in [1.54, 1.807) is 0 Å². The van der Waals surface area contributed by atoms with Crippen LogP contribution in [0.2, 0.25) is 0 Å². The summed E-state index contributed by atoms with van der Waals surface area (Å²) in [6.07, 6.45) is 10.8. The first-order valence-corrected chi connectivity index (χ1v) is 10.8. The minimum atomic E-state index is -0.0725. The molecule has 3 rings (SSSR count). The second-order valence-corrected chi connectivity index (χ2v) is 7.96. The van der Waals surface area contributed by atoms with E-state index in [4.69, 9.17) is 10.7 Å². The molecule has 6 nitrogen and oxygen atoms in total. The highest BCUT2D eigenvalue weighted by molar-refractivity contribution is 6.02. The van der Waals surface area contributed by atoms with E-state index in [1.165, 1.54) is 25.8 Å². The molecule has 0 aliphatic carbocycles. The second-order valence-electron chi connectivity index (χ2n) is 7.96. The Labute approximate surface area is 163 Å². The summed E-state index contributed by atoms with van der Waals surface area (Å²) in [5.74, 6) is 1.49. The lowest BCUT2D eigenvalue weighted by molar-refractivity contribution is 0.0818. The molecule has 0 spiro atoms. The molecule has 0 radical (unpaired) electrons. The lowest BCUT2D eigenvalue weighted by atomic mass is 10.0. The lowest BCUT2D eigenvalue weighted by Crippen LogP contribution is -2.36. The number of aliphatic hydroxyl groups excluding tert-OH is 1. The van der Waals surface area contributed by atoms with Gasteiger partial charge in [-0.1, -0.05) is 26.2 Å². The molecule has 0 amide bonds. The van der Waals surface area contributed by atoms with Crippen LogP contribution < -0.4 is 5.73 Å². The summed E-state index contributed by atoms with van der Waals surface area (Å²) in [6, 6.07) is 0. The number of nitrogens with two attached hydrogens (primary N) is 1. The molecule has 0 unspecified atom stereocenters. The third-order valence-corrected chi connectivity index (χ3v) is 5.74. The van der Waals surface area contributed by atoms with Gasteiger partial charge in [0.2, 0.25) is 0 Å². The van der Waals surface area contributed by atoms with Crippen molar-refractivity contribution < 1.29 is 5.11 Å². The van der Waals surface area contributed by atoms with Gasteiger partial charge in [0, 0.05) is 25.1 Å². The topological polar surface area (TPSA) is 87.6 Å². The summed E-state index contributed by atoms with van der Waals surface area (Å²) in [5, 5.41) is 9.56. The van der Waals surface area contributed by atoms with E-state index in [0.29, 0.717) is 12.4 Å². The number of fused-ring (bicyclic) bond motifs is 1. The van der Waals surface area contributed by atoms with Gasteiger partial charge in [0.15, 0.2) is 0 Å². The molecule has 6 heteroatoms. The Bertz CT molecular complexity index is 638. The number of aliphatic imine (C=N–C) groups is 1. The van der Waals surface area contributed by atoms with Gasteiger partial charge in [-0.15, -0.1) is 0 Å². The van der Waals surface area contributed by atoms with Gasteiger partial charge in [-0.25, -0.2) is 9.97 Å². The molecular formula is C21H35N5O. The minimum absolute atomic E-state index is 0.0725. The summed E-state index contributed by atoms with van der Waals surface area (Å²) < 4.78 is 0. The molecule has 1 fully saturated rings. The molecule has 1 aromatic heterocycles. The molecule has 0 atom stereocenters. The largest absolute Gasteiger partial charge is 0.393 e.